The molecule has 0 unspecified atom stereocenters. The summed E-state index contributed by atoms with van der Waals surface area (Å²) in [6, 6.07) is 11.9. The number of nitrogens with zero attached hydrogens (tertiary/aromatic N) is 6. The molecule has 8 nitrogen and oxygen atoms in total. The van der Waals surface area contributed by atoms with E-state index >= 15 is 0 Å². The molecule has 3 heterocycles. The number of piperazine rings is 1. The summed E-state index contributed by atoms with van der Waals surface area (Å²) in [4.78, 5) is 29.5. The normalized spacial score (nSPS) is 14.2. The molecule has 0 N–H and O–H groups in total. The smallest absolute Gasteiger partial charge is 0.264 e. The Morgan fingerprint density at radius 3 is 2.64 bits per heavy atom. The summed E-state index contributed by atoms with van der Waals surface area (Å²) in [6.07, 6.45) is 4.28. The Balaban J connectivity index is 1.37. The van der Waals surface area contributed by atoms with Crippen molar-refractivity contribution in [2.45, 2.75) is 6.92 Å². The Kier molecular flexibility index (Phi) is 6.36. The number of oxazole rings is 1. The Morgan fingerprint density at radius 1 is 1.17 bits per heavy atom. The van der Waals surface area contributed by atoms with Crippen molar-refractivity contribution in [3.8, 4) is 17.2 Å². The van der Waals surface area contributed by atoms with E-state index in [-0.39, 0.29) is 23.2 Å². The Labute approximate surface area is 211 Å². The molecule has 180 valence electrons. The highest BCUT2D eigenvalue weighted by molar-refractivity contribution is 6.34. The first-order chi connectivity index (χ1) is 17.4. The molecule has 1 saturated heterocycles. The summed E-state index contributed by atoms with van der Waals surface area (Å²) in [5.74, 6) is 0.159. The van der Waals surface area contributed by atoms with Gasteiger partial charge in [-0.1, -0.05) is 29.8 Å². The highest BCUT2D eigenvalue weighted by Crippen LogP contribution is 2.35. The molecule has 1 aliphatic rings. The maximum atomic E-state index is 14.4. The van der Waals surface area contributed by atoms with Gasteiger partial charge < -0.3 is 14.2 Å². The molecular formula is C26H20ClFN6O2. The molecule has 0 spiro atoms. The second-order valence-corrected chi connectivity index (χ2v) is 8.71. The van der Waals surface area contributed by atoms with Gasteiger partial charge in [0.25, 0.3) is 5.91 Å². The predicted octanol–water partition coefficient (Wildman–Crippen LogP) is 4.64. The number of nitriles is 1. The van der Waals surface area contributed by atoms with Gasteiger partial charge in [0, 0.05) is 53.8 Å². The molecule has 2 aromatic carbocycles. The minimum absolute atomic E-state index is 0.0368. The number of anilines is 1. The monoisotopic (exact) mass is 502 g/mol. The van der Waals surface area contributed by atoms with Crippen LogP contribution in [0.1, 0.15) is 11.6 Å². The van der Waals surface area contributed by atoms with Crippen LogP contribution in [-0.4, -0.2) is 51.9 Å². The van der Waals surface area contributed by atoms with Crippen molar-refractivity contribution in [3.63, 3.8) is 0 Å². The van der Waals surface area contributed by atoms with E-state index in [4.69, 9.17) is 16.0 Å². The molecule has 36 heavy (non-hydrogen) atoms. The molecule has 4 aromatic rings. The zero-order chi connectivity index (χ0) is 25.2. The molecule has 0 bridgehead atoms. The van der Waals surface area contributed by atoms with Crippen LogP contribution in [0, 0.1) is 24.1 Å². The van der Waals surface area contributed by atoms with Crippen LogP contribution in [0.3, 0.4) is 0 Å². The van der Waals surface area contributed by atoms with Gasteiger partial charge in [0.1, 0.15) is 35.9 Å². The Bertz CT molecular complexity index is 1540. The molecule has 0 aliphatic carbocycles. The maximum absolute atomic E-state index is 14.4. The van der Waals surface area contributed by atoms with Crippen LogP contribution in [0.2, 0.25) is 5.02 Å². The fourth-order valence-corrected chi connectivity index (χ4v) is 4.46. The molecule has 5 rings (SSSR count). The number of aromatic nitrogens is 3. The molecular weight excluding hydrogens is 483 g/mol. The van der Waals surface area contributed by atoms with Crippen molar-refractivity contribution in [1.82, 2.24) is 19.9 Å². The third kappa shape index (κ3) is 4.51. The van der Waals surface area contributed by atoms with Gasteiger partial charge in [-0.15, -0.1) is 0 Å². The van der Waals surface area contributed by atoms with Gasteiger partial charge in [-0.05, 0) is 25.1 Å². The van der Waals surface area contributed by atoms with Crippen LogP contribution < -0.4 is 4.90 Å². The number of carbonyl (C=O) groups excluding carboxylic acids is 1. The molecule has 10 heteroatoms. The van der Waals surface area contributed by atoms with Gasteiger partial charge in [-0.3, -0.25) is 4.79 Å². The average Bonchev–Trinajstić information content (AvgIpc) is 3.31. The van der Waals surface area contributed by atoms with E-state index in [1.165, 1.54) is 24.7 Å². The van der Waals surface area contributed by atoms with Crippen LogP contribution in [-0.2, 0) is 4.79 Å². The van der Waals surface area contributed by atoms with E-state index in [2.05, 4.69) is 15.0 Å². The second kappa shape index (κ2) is 9.76. The minimum Gasteiger partial charge on any atom is -0.445 e. The van der Waals surface area contributed by atoms with Crippen molar-refractivity contribution < 1.29 is 13.6 Å². The van der Waals surface area contributed by atoms with E-state index in [1.807, 2.05) is 11.0 Å². The number of benzene rings is 2. The maximum Gasteiger partial charge on any atom is 0.264 e. The molecule has 0 saturated carbocycles. The van der Waals surface area contributed by atoms with Crippen LogP contribution in [0.4, 0.5) is 10.2 Å². The first-order valence-electron chi connectivity index (χ1n) is 11.2. The molecule has 0 radical (unpaired) electrons. The van der Waals surface area contributed by atoms with E-state index < -0.39 is 0 Å². The molecule has 2 aromatic heterocycles. The van der Waals surface area contributed by atoms with E-state index in [9.17, 15) is 14.4 Å². The zero-order valence-electron chi connectivity index (χ0n) is 19.3. The highest BCUT2D eigenvalue weighted by Gasteiger charge is 2.26. The molecule has 1 aliphatic heterocycles. The summed E-state index contributed by atoms with van der Waals surface area (Å²) < 4.78 is 19.6. The molecule has 1 fully saturated rings. The zero-order valence-corrected chi connectivity index (χ0v) is 20.0. The average molecular weight is 503 g/mol. The number of hydrogen-bond donors (Lipinski definition) is 0. The van der Waals surface area contributed by atoms with Crippen LogP contribution in [0.25, 0.3) is 28.1 Å². The van der Waals surface area contributed by atoms with Gasteiger partial charge in [0.05, 0.1) is 11.2 Å². The summed E-state index contributed by atoms with van der Waals surface area (Å²) in [7, 11) is 0. The standard InChI is InChI=1S/C26H20ClFN6O2/c1-16-14-36-24(32-16)10-17(13-29)26(35)34-8-6-33(7-9-34)25-20-11-21(27)19(12-23(20)30-15-31-25)18-4-2-3-5-22(18)28/h2-5,10-12,14-15H,6-9H2,1H3. The fourth-order valence-electron chi connectivity index (χ4n) is 4.20. The van der Waals surface area contributed by atoms with Crippen LogP contribution in [0.15, 0.2) is 59.0 Å². The van der Waals surface area contributed by atoms with Crippen molar-refractivity contribution >= 4 is 40.3 Å². The Morgan fingerprint density at radius 2 is 1.94 bits per heavy atom. The quantitative estimate of drug-likeness (QED) is 0.296. The molecule has 1 amide bonds. The Hall–Kier alpha value is -4.29. The van der Waals surface area contributed by atoms with E-state index in [1.54, 1.807) is 42.2 Å². The topological polar surface area (TPSA) is 99.2 Å². The first kappa shape index (κ1) is 23.5. The third-order valence-electron chi connectivity index (χ3n) is 5.99. The summed E-state index contributed by atoms with van der Waals surface area (Å²) in [6.45, 7) is 3.56. The van der Waals surface area contributed by atoms with Crippen molar-refractivity contribution in [2.24, 2.45) is 0 Å². The van der Waals surface area contributed by atoms with Gasteiger partial charge in [-0.2, -0.15) is 5.26 Å². The predicted molar refractivity (Wildman–Crippen MR) is 134 cm³/mol. The summed E-state index contributed by atoms with van der Waals surface area (Å²) in [5, 5.41) is 10.6. The first-order valence-corrected chi connectivity index (χ1v) is 11.6. The lowest BCUT2D eigenvalue weighted by Crippen LogP contribution is -2.49. The van der Waals surface area contributed by atoms with Gasteiger partial charge in [0.15, 0.2) is 0 Å². The highest BCUT2D eigenvalue weighted by atomic mass is 35.5. The summed E-state index contributed by atoms with van der Waals surface area (Å²) >= 11 is 6.56. The van der Waals surface area contributed by atoms with Gasteiger partial charge in [-0.25, -0.2) is 19.3 Å². The lowest BCUT2D eigenvalue weighted by Gasteiger charge is -2.35. The van der Waals surface area contributed by atoms with Crippen molar-refractivity contribution in [3.05, 3.63) is 77.0 Å². The largest absolute Gasteiger partial charge is 0.445 e. The van der Waals surface area contributed by atoms with Gasteiger partial charge >= 0.3 is 0 Å². The lowest BCUT2D eigenvalue weighted by molar-refractivity contribution is -0.126. The van der Waals surface area contributed by atoms with Gasteiger partial charge in [0.2, 0.25) is 5.89 Å². The number of aryl methyl sites for hydroxylation is 1. The number of carbonyl (C=O) groups is 1. The van der Waals surface area contributed by atoms with Crippen molar-refractivity contribution in [1.29, 1.82) is 5.26 Å². The molecule has 0 atom stereocenters. The SMILES string of the molecule is Cc1coc(C=C(C#N)C(=O)N2CCN(c3ncnc4cc(-c5ccccc5F)c(Cl)cc34)CC2)n1. The number of fused-ring (bicyclic) bond motifs is 1. The third-order valence-corrected chi connectivity index (χ3v) is 6.30. The lowest BCUT2D eigenvalue weighted by atomic mass is 10.0. The van der Waals surface area contributed by atoms with Crippen LogP contribution >= 0.6 is 11.6 Å². The second-order valence-electron chi connectivity index (χ2n) is 8.30. The number of hydrogen-bond acceptors (Lipinski definition) is 7. The van der Waals surface area contributed by atoms with E-state index in [0.717, 1.165) is 5.39 Å². The number of halogens is 2. The summed E-state index contributed by atoms with van der Waals surface area (Å²) in [5.41, 5.74) is 2.22. The van der Waals surface area contributed by atoms with Crippen LogP contribution in [0.5, 0.6) is 0 Å². The fraction of sp³-hybridized carbons (Fsp3) is 0.192. The number of amides is 1. The minimum atomic E-state index is -0.377. The van der Waals surface area contributed by atoms with E-state index in [0.29, 0.717) is 59.4 Å². The number of rotatable bonds is 4. The van der Waals surface area contributed by atoms with Crippen molar-refractivity contribution in [2.75, 3.05) is 31.1 Å².